The van der Waals surface area contributed by atoms with Crippen molar-refractivity contribution < 1.29 is 19.1 Å². The Morgan fingerprint density at radius 1 is 0.729 bits per heavy atom. The van der Waals surface area contributed by atoms with Gasteiger partial charge < -0.3 is 15.4 Å². The molecule has 4 aromatic carbocycles. The van der Waals surface area contributed by atoms with Gasteiger partial charge in [0, 0.05) is 66.7 Å². The van der Waals surface area contributed by atoms with Crippen LogP contribution in [0.5, 0.6) is 0 Å². The first kappa shape index (κ1) is 35.0. The van der Waals surface area contributed by atoms with E-state index in [1.54, 1.807) is 13.0 Å². The number of allylic oxidation sites excluding steroid dienone is 1. The second kappa shape index (κ2) is 15.3. The SMILES string of the molecule is C/C=C/C(=O)OCC(C)(C)CNc1ccc(Sc2ccc(C)cc2)c2c1C(=O)c1c(Sc3ccc(C)cc3)ccc(NCCC)c1C2=O. The van der Waals surface area contributed by atoms with E-state index in [2.05, 4.69) is 17.6 Å². The average Bonchev–Trinajstić information content (AvgIpc) is 3.07. The summed E-state index contributed by atoms with van der Waals surface area (Å²) >= 11 is 2.97. The molecule has 0 unspecified atom stereocenters. The molecule has 0 aromatic heterocycles. The van der Waals surface area contributed by atoms with E-state index >= 15 is 0 Å². The van der Waals surface area contributed by atoms with Gasteiger partial charge in [-0.05, 0) is 75.7 Å². The van der Waals surface area contributed by atoms with E-state index in [0.717, 1.165) is 37.1 Å². The third-order valence-corrected chi connectivity index (χ3v) is 10.1. The lowest BCUT2D eigenvalue weighted by molar-refractivity contribution is -0.140. The van der Waals surface area contributed by atoms with Crippen LogP contribution < -0.4 is 10.6 Å². The predicted octanol–water partition coefficient (Wildman–Crippen LogP) is 9.76. The van der Waals surface area contributed by atoms with Crippen LogP contribution in [0, 0.1) is 19.3 Å². The zero-order valence-corrected chi connectivity index (χ0v) is 30.0. The fraction of sp³-hybridized carbons (Fsp3) is 0.275. The van der Waals surface area contributed by atoms with Gasteiger partial charge >= 0.3 is 5.97 Å². The smallest absolute Gasteiger partial charge is 0.330 e. The molecule has 0 aliphatic heterocycles. The summed E-state index contributed by atoms with van der Waals surface area (Å²) in [5.41, 5.74) is 4.67. The van der Waals surface area contributed by atoms with Crippen LogP contribution in [0.25, 0.3) is 0 Å². The highest BCUT2D eigenvalue weighted by Gasteiger charge is 2.38. The average molecular weight is 679 g/mol. The first-order chi connectivity index (χ1) is 23.0. The van der Waals surface area contributed by atoms with Crippen LogP contribution >= 0.6 is 23.5 Å². The normalized spacial score (nSPS) is 12.5. The van der Waals surface area contributed by atoms with Crippen LogP contribution in [0.3, 0.4) is 0 Å². The zero-order valence-electron chi connectivity index (χ0n) is 28.4. The number of aryl methyl sites for hydroxylation is 2. The van der Waals surface area contributed by atoms with Gasteiger partial charge in [0.05, 0.1) is 17.7 Å². The minimum atomic E-state index is -0.456. The van der Waals surface area contributed by atoms with Crippen molar-refractivity contribution in [1.82, 2.24) is 0 Å². The highest BCUT2D eigenvalue weighted by Crippen LogP contribution is 2.45. The Kier molecular flexibility index (Phi) is 11.2. The summed E-state index contributed by atoms with van der Waals surface area (Å²) < 4.78 is 5.45. The lowest BCUT2D eigenvalue weighted by atomic mass is 9.82. The van der Waals surface area contributed by atoms with Crippen LogP contribution in [0.1, 0.15) is 77.1 Å². The molecule has 0 saturated carbocycles. The van der Waals surface area contributed by atoms with Crippen LogP contribution in [-0.4, -0.2) is 37.2 Å². The van der Waals surface area contributed by atoms with Gasteiger partial charge in [-0.15, -0.1) is 0 Å². The molecule has 0 heterocycles. The molecule has 1 aliphatic carbocycles. The maximum atomic E-state index is 14.9. The van der Waals surface area contributed by atoms with Crippen molar-refractivity contribution in [2.24, 2.45) is 5.41 Å². The number of nitrogens with one attached hydrogen (secondary N) is 2. The zero-order chi connectivity index (χ0) is 34.4. The van der Waals surface area contributed by atoms with E-state index in [9.17, 15) is 14.4 Å². The second-order valence-electron chi connectivity index (χ2n) is 12.8. The van der Waals surface area contributed by atoms with Gasteiger partial charge in [0.15, 0.2) is 11.6 Å². The van der Waals surface area contributed by atoms with Gasteiger partial charge in [0.1, 0.15) is 0 Å². The summed E-state index contributed by atoms with van der Waals surface area (Å²) in [4.78, 5) is 45.2. The van der Waals surface area contributed by atoms with Crippen LogP contribution in [0.4, 0.5) is 11.4 Å². The van der Waals surface area contributed by atoms with Gasteiger partial charge in [-0.3, -0.25) is 9.59 Å². The third kappa shape index (κ3) is 8.05. The maximum absolute atomic E-state index is 14.9. The molecular formula is C40H42N2O4S2. The molecule has 6 nitrogen and oxygen atoms in total. The molecule has 4 aromatic rings. The number of ether oxygens (including phenoxy) is 1. The molecule has 0 radical (unpaired) electrons. The molecule has 1 aliphatic rings. The molecular weight excluding hydrogens is 637 g/mol. The Bertz CT molecular complexity index is 1860. The van der Waals surface area contributed by atoms with Crippen LogP contribution in [0.15, 0.2) is 105 Å². The van der Waals surface area contributed by atoms with Gasteiger partial charge in [0.2, 0.25) is 0 Å². The first-order valence-electron chi connectivity index (χ1n) is 16.2. The Labute approximate surface area is 292 Å². The molecule has 0 fully saturated rings. The molecule has 5 rings (SSSR count). The number of carbonyl (C=O) groups excluding carboxylic acids is 3. The van der Waals surface area contributed by atoms with Crippen molar-refractivity contribution in [3.63, 3.8) is 0 Å². The number of rotatable bonds is 13. The molecule has 0 amide bonds. The van der Waals surface area contributed by atoms with Crippen LogP contribution in [-0.2, 0) is 9.53 Å². The van der Waals surface area contributed by atoms with Gasteiger partial charge in [-0.1, -0.05) is 85.8 Å². The predicted molar refractivity (Wildman–Crippen MR) is 197 cm³/mol. The molecule has 248 valence electrons. The number of fused-ring (bicyclic) bond motifs is 2. The molecule has 8 heteroatoms. The first-order valence-corrected chi connectivity index (χ1v) is 17.8. The molecule has 0 bridgehead atoms. The Morgan fingerprint density at radius 3 is 1.67 bits per heavy atom. The summed E-state index contributed by atoms with van der Waals surface area (Å²) in [6.45, 7) is 13.2. The number of hydrogen-bond donors (Lipinski definition) is 2. The fourth-order valence-corrected chi connectivity index (χ4v) is 7.28. The summed E-state index contributed by atoms with van der Waals surface area (Å²) in [6, 6.07) is 24.0. The quantitative estimate of drug-likeness (QED) is 0.0941. The second-order valence-corrected chi connectivity index (χ2v) is 15.0. The molecule has 2 N–H and O–H groups in total. The molecule has 48 heavy (non-hydrogen) atoms. The summed E-state index contributed by atoms with van der Waals surface area (Å²) in [6.07, 6.45) is 3.91. The lowest BCUT2D eigenvalue weighted by Gasteiger charge is -2.29. The van der Waals surface area contributed by atoms with Crippen molar-refractivity contribution in [3.05, 3.63) is 118 Å². The van der Waals surface area contributed by atoms with E-state index in [-0.39, 0.29) is 18.2 Å². The monoisotopic (exact) mass is 678 g/mol. The van der Waals surface area contributed by atoms with E-state index in [1.807, 2.05) is 100 Å². The number of hydrogen-bond acceptors (Lipinski definition) is 8. The number of benzene rings is 4. The van der Waals surface area contributed by atoms with Gasteiger partial charge in [-0.25, -0.2) is 4.79 Å². The summed E-state index contributed by atoms with van der Waals surface area (Å²) in [5, 5.41) is 6.88. The van der Waals surface area contributed by atoms with Crippen molar-refractivity contribution in [2.45, 2.75) is 67.5 Å². The van der Waals surface area contributed by atoms with E-state index in [1.165, 1.54) is 29.6 Å². The molecule has 0 saturated heterocycles. The summed E-state index contributed by atoms with van der Waals surface area (Å²) in [5.74, 6) is -0.771. The standard InChI is InChI=1S/C40H42N2O4S2/c1-7-9-33(43)46-24-40(5,6)23-42-30-19-21-32(48-28-16-12-26(4)13-17-28)37-35(30)39(45)36-31(47-27-14-10-25(3)11-15-27)20-18-29(41-22-8-2)34(36)38(37)44/h7,9-21,41-42H,8,22-24H2,1-6H3/b9-7+. The van der Waals surface area contributed by atoms with Crippen molar-refractivity contribution >= 4 is 52.4 Å². The highest BCUT2D eigenvalue weighted by molar-refractivity contribution is 7.99. The van der Waals surface area contributed by atoms with Crippen molar-refractivity contribution in [1.29, 1.82) is 0 Å². The molecule has 0 spiro atoms. The topological polar surface area (TPSA) is 84.5 Å². The fourth-order valence-electron chi connectivity index (χ4n) is 5.37. The van der Waals surface area contributed by atoms with E-state index in [0.29, 0.717) is 46.7 Å². The number of esters is 1. The van der Waals surface area contributed by atoms with Crippen LogP contribution in [0.2, 0.25) is 0 Å². The maximum Gasteiger partial charge on any atom is 0.330 e. The van der Waals surface area contributed by atoms with E-state index < -0.39 is 11.4 Å². The molecule has 0 atom stereocenters. The van der Waals surface area contributed by atoms with Crippen molar-refractivity contribution in [3.8, 4) is 0 Å². The van der Waals surface area contributed by atoms with Gasteiger partial charge in [0.25, 0.3) is 0 Å². The van der Waals surface area contributed by atoms with E-state index in [4.69, 9.17) is 4.74 Å². The largest absolute Gasteiger partial charge is 0.462 e. The summed E-state index contributed by atoms with van der Waals surface area (Å²) in [7, 11) is 0. The Morgan fingerprint density at radius 2 is 1.21 bits per heavy atom. The minimum absolute atomic E-state index is 0.178. The number of carbonyl (C=O) groups is 3. The highest BCUT2D eigenvalue weighted by atomic mass is 32.2. The third-order valence-electron chi connectivity index (χ3n) is 7.97. The minimum Gasteiger partial charge on any atom is -0.462 e. The Balaban J connectivity index is 1.62. The number of anilines is 2. The van der Waals surface area contributed by atoms with Crippen molar-refractivity contribution in [2.75, 3.05) is 30.3 Å². The Hall–Kier alpha value is -4.27. The lowest BCUT2D eigenvalue weighted by Crippen LogP contribution is -2.31. The van der Waals surface area contributed by atoms with Gasteiger partial charge in [-0.2, -0.15) is 0 Å². The number of ketones is 2.